The molecule has 3 saturated heterocycles. The van der Waals surface area contributed by atoms with Crippen molar-refractivity contribution >= 4 is 17.6 Å². The standard InChI is InChI=1S/C24H28F8N6O3/c25-22(26)8-15-11-36(4-5-38(15)20-16(22)7-13(9-33-20)23(27,28)29)18(39)2-6-41-12-14-1-3-37(14)17-10-34-35-21(40)19(17)24(30,31)32/h7,9,14-15,17,19,34H,1-6,8,10-12H2,(H,35,40)/t14-,15+,17?,19?/m0/s1. The second-order valence-corrected chi connectivity index (χ2v) is 10.7. The van der Waals surface area contributed by atoms with E-state index < -0.39 is 59.7 Å². The van der Waals surface area contributed by atoms with Crippen LogP contribution in [0.5, 0.6) is 0 Å². The zero-order valence-electron chi connectivity index (χ0n) is 21.6. The van der Waals surface area contributed by atoms with Gasteiger partial charge in [0.2, 0.25) is 11.8 Å². The van der Waals surface area contributed by atoms with Crippen molar-refractivity contribution in [3.63, 3.8) is 0 Å². The lowest BCUT2D eigenvalue weighted by Crippen LogP contribution is -2.69. The third kappa shape index (κ3) is 5.93. The number of halogens is 8. The van der Waals surface area contributed by atoms with E-state index in [1.165, 1.54) is 9.80 Å². The van der Waals surface area contributed by atoms with Gasteiger partial charge in [-0.05, 0) is 12.5 Å². The number of nitrogens with one attached hydrogen (secondary N) is 2. The van der Waals surface area contributed by atoms with Crippen LogP contribution in [0.2, 0.25) is 0 Å². The number of pyridine rings is 1. The molecule has 0 aromatic carbocycles. The van der Waals surface area contributed by atoms with E-state index in [0.29, 0.717) is 25.2 Å². The Kier molecular flexibility index (Phi) is 7.82. The third-order valence-corrected chi connectivity index (χ3v) is 8.12. The minimum atomic E-state index is -4.81. The molecule has 4 atom stereocenters. The maximum atomic E-state index is 14.9. The van der Waals surface area contributed by atoms with Crippen molar-refractivity contribution in [1.29, 1.82) is 0 Å². The Balaban J connectivity index is 1.12. The van der Waals surface area contributed by atoms with Crippen LogP contribution in [0.3, 0.4) is 0 Å². The quantitative estimate of drug-likeness (QED) is 0.383. The van der Waals surface area contributed by atoms with Crippen molar-refractivity contribution < 1.29 is 49.4 Å². The Morgan fingerprint density at radius 3 is 2.56 bits per heavy atom. The Hall–Kier alpha value is -2.79. The highest BCUT2D eigenvalue weighted by Crippen LogP contribution is 2.46. The molecule has 0 aliphatic carbocycles. The maximum Gasteiger partial charge on any atom is 0.417 e. The molecule has 17 heteroatoms. The zero-order valence-corrected chi connectivity index (χ0v) is 21.6. The van der Waals surface area contributed by atoms with Gasteiger partial charge in [-0.3, -0.25) is 19.9 Å². The number of aromatic nitrogens is 1. The van der Waals surface area contributed by atoms with E-state index in [0.717, 1.165) is 0 Å². The first-order valence-corrected chi connectivity index (χ1v) is 13.1. The fourth-order valence-electron chi connectivity index (χ4n) is 5.95. The fourth-order valence-corrected chi connectivity index (χ4v) is 5.95. The number of fused-ring (bicyclic) bond motifs is 3. The lowest BCUT2D eigenvalue weighted by atomic mass is 9.89. The number of carbonyl (C=O) groups excluding carboxylic acids is 2. The van der Waals surface area contributed by atoms with Crippen molar-refractivity contribution in [1.82, 2.24) is 25.6 Å². The van der Waals surface area contributed by atoms with Crippen LogP contribution >= 0.6 is 0 Å². The highest BCUT2D eigenvalue weighted by molar-refractivity contribution is 5.80. The van der Waals surface area contributed by atoms with Crippen LogP contribution in [0.25, 0.3) is 0 Å². The summed E-state index contributed by atoms with van der Waals surface area (Å²) in [6.45, 7) is 0.490. The number of hydrazine groups is 1. The van der Waals surface area contributed by atoms with Crippen LogP contribution in [-0.4, -0.2) is 96.8 Å². The van der Waals surface area contributed by atoms with Gasteiger partial charge >= 0.3 is 12.4 Å². The predicted molar refractivity (Wildman–Crippen MR) is 125 cm³/mol. The first-order chi connectivity index (χ1) is 19.2. The minimum absolute atomic E-state index is 0.0407. The van der Waals surface area contributed by atoms with Crippen molar-refractivity contribution in [3.8, 4) is 0 Å². The molecule has 5 rings (SSSR count). The second-order valence-electron chi connectivity index (χ2n) is 10.7. The smallest absolute Gasteiger partial charge is 0.379 e. The van der Waals surface area contributed by atoms with E-state index in [1.807, 2.05) is 5.43 Å². The number of anilines is 1. The number of hydrogen-bond donors (Lipinski definition) is 2. The molecule has 2 unspecified atom stereocenters. The van der Waals surface area contributed by atoms with Gasteiger partial charge in [0.05, 0.1) is 36.8 Å². The third-order valence-electron chi connectivity index (χ3n) is 8.12. The summed E-state index contributed by atoms with van der Waals surface area (Å²) in [4.78, 5) is 32.8. The monoisotopic (exact) mass is 600 g/mol. The Morgan fingerprint density at radius 2 is 1.90 bits per heavy atom. The molecule has 1 aromatic heterocycles. The van der Waals surface area contributed by atoms with E-state index >= 15 is 0 Å². The first kappa shape index (κ1) is 29.7. The molecule has 0 radical (unpaired) electrons. The highest BCUT2D eigenvalue weighted by Gasteiger charge is 2.55. The number of alkyl halides is 8. The summed E-state index contributed by atoms with van der Waals surface area (Å²) in [6, 6.07) is -1.85. The summed E-state index contributed by atoms with van der Waals surface area (Å²) in [5.74, 6) is -7.47. The molecular weight excluding hydrogens is 572 g/mol. The largest absolute Gasteiger partial charge is 0.417 e. The van der Waals surface area contributed by atoms with Gasteiger partial charge in [-0.2, -0.15) is 26.3 Å². The summed E-state index contributed by atoms with van der Waals surface area (Å²) in [5.41, 5.74) is 2.46. The summed E-state index contributed by atoms with van der Waals surface area (Å²) in [6.07, 6.45) is -9.28. The number of hydrogen-bond acceptors (Lipinski definition) is 7. The van der Waals surface area contributed by atoms with E-state index in [1.54, 1.807) is 4.90 Å². The number of likely N-dealkylation sites (tertiary alicyclic amines) is 1. The molecule has 41 heavy (non-hydrogen) atoms. The molecule has 9 nitrogen and oxygen atoms in total. The molecule has 1 aromatic rings. The molecular formula is C24H28F8N6O3. The maximum absolute atomic E-state index is 14.9. The second kappa shape index (κ2) is 10.8. The van der Waals surface area contributed by atoms with Crippen LogP contribution in [0, 0.1) is 5.92 Å². The fraction of sp³-hybridized carbons (Fsp3) is 0.708. The van der Waals surface area contributed by atoms with E-state index in [2.05, 4.69) is 10.4 Å². The Bertz CT molecular complexity index is 1170. The van der Waals surface area contributed by atoms with Gasteiger partial charge in [0.15, 0.2) is 5.92 Å². The van der Waals surface area contributed by atoms with Crippen molar-refractivity contribution in [3.05, 3.63) is 23.4 Å². The molecule has 4 aliphatic rings. The van der Waals surface area contributed by atoms with Crippen LogP contribution in [0.1, 0.15) is 30.4 Å². The van der Waals surface area contributed by atoms with Crippen molar-refractivity contribution in [2.24, 2.45) is 5.92 Å². The van der Waals surface area contributed by atoms with Gasteiger partial charge in [0, 0.05) is 57.4 Å². The molecule has 0 saturated carbocycles. The highest BCUT2D eigenvalue weighted by atomic mass is 19.4. The minimum Gasteiger partial charge on any atom is -0.379 e. The number of nitrogens with zero attached hydrogens (tertiary/aromatic N) is 4. The van der Waals surface area contributed by atoms with Crippen LogP contribution in [0.15, 0.2) is 12.3 Å². The topological polar surface area (TPSA) is 90.0 Å². The number of carbonyl (C=O) groups is 2. The Morgan fingerprint density at radius 1 is 1.15 bits per heavy atom. The summed E-state index contributed by atoms with van der Waals surface area (Å²) < 4.78 is 115. The van der Waals surface area contributed by atoms with E-state index in [4.69, 9.17) is 4.74 Å². The SMILES string of the molecule is O=C1NNCC(N2CC[C@H]2COCCC(=O)N2CCN3c4ncc(C(F)(F)F)cc4C(F)(F)C[C@@H]3C2)C1C(F)(F)F. The van der Waals surface area contributed by atoms with Gasteiger partial charge in [-0.1, -0.05) is 0 Å². The van der Waals surface area contributed by atoms with Crippen LogP contribution in [-0.2, 0) is 26.4 Å². The van der Waals surface area contributed by atoms with Gasteiger partial charge in [0.25, 0.3) is 5.92 Å². The Labute approximate surface area is 229 Å². The molecule has 2 amide bonds. The van der Waals surface area contributed by atoms with Crippen LogP contribution < -0.4 is 15.8 Å². The zero-order chi connectivity index (χ0) is 29.7. The summed E-state index contributed by atoms with van der Waals surface area (Å²) in [7, 11) is 0. The molecule has 0 spiro atoms. The van der Waals surface area contributed by atoms with Gasteiger partial charge in [0.1, 0.15) is 5.82 Å². The average Bonchev–Trinajstić information content (AvgIpc) is 2.85. The lowest BCUT2D eigenvalue weighted by Gasteiger charge is -2.49. The van der Waals surface area contributed by atoms with E-state index in [-0.39, 0.29) is 63.6 Å². The molecule has 4 aliphatic heterocycles. The molecule has 0 bridgehead atoms. The van der Waals surface area contributed by atoms with Crippen molar-refractivity contribution in [2.75, 3.05) is 50.8 Å². The van der Waals surface area contributed by atoms with E-state index in [9.17, 15) is 44.7 Å². The van der Waals surface area contributed by atoms with Gasteiger partial charge < -0.3 is 14.5 Å². The molecule has 5 heterocycles. The summed E-state index contributed by atoms with van der Waals surface area (Å²) in [5, 5.41) is 0. The molecule has 2 N–H and O–H groups in total. The number of ether oxygens (including phenoxy) is 1. The average molecular weight is 601 g/mol. The molecule has 228 valence electrons. The summed E-state index contributed by atoms with van der Waals surface area (Å²) >= 11 is 0. The molecule has 3 fully saturated rings. The van der Waals surface area contributed by atoms with Crippen LogP contribution in [0.4, 0.5) is 40.9 Å². The van der Waals surface area contributed by atoms with Gasteiger partial charge in [-0.15, -0.1) is 0 Å². The number of piperazine rings is 1. The van der Waals surface area contributed by atoms with Crippen molar-refractivity contribution in [2.45, 2.75) is 55.7 Å². The number of rotatable bonds is 6. The lowest BCUT2D eigenvalue weighted by molar-refractivity contribution is -0.208. The van der Waals surface area contributed by atoms with Gasteiger partial charge in [-0.25, -0.2) is 19.2 Å². The number of amides is 2. The first-order valence-electron chi connectivity index (χ1n) is 13.1. The predicted octanol–water partition coefficient (Wildman–Crippen LogP) is 2.28. The normalized spacial score (nSPS) is 28.4.